The van der Waals surface area contributed by atoms with Gasteiger partial charge in [0.1, 0.15) is 0 Å². The van der Waals surface area contributed by atoms with Crippen molar-refractivity contribution in [3.05, 3.63) is 17.0 Å². The maximum absolute atomic E-state index is 13.3. The lowest BCUT2D eigenvalue weighted by molar-refractivity contribution is -0.127. The van der Waals surface area contributed by atoms with Crippen molar-refractivity contribution in [2.45, 2.75) is 121 Å². The number of fused-ring (bicyclic) bond motifs is 3. The van der Waals surface area contributed by atoms with Crippen LogP contribution in [0, 0.1) is 5.92 Å². The molecule has 2 aromatic rings. The van der Waals surface area contributed by atoms with Crippen molar-refractivity contribution < 1.29 is 9.59 Å². The zero-order valence-corrected chi connectivity index (χ0v) is 24.0. The first kappa shape index (κ1) is 25.7. The summed E-state index contributed by atoms with van der Waals surface area (Å²) in [5.74, 6) is 0.929. The van der Waals surface area contributed by atoms with Crippen molar-refractivity contribution in [3.63, 3.8) is 0 Å². The number of likely N-dealkylation sites (tertiary alicyclic amines) is 1. The third kappa shape index (κ3) is 5.17. The zero-order chi connectivity index (χ0) is 26.5. The van der Waals surface area contributed by atoms with E-state index in [9.17, 15) is 9.59 Å². The number of thiazole rings is 1. The van der Waals surface area contributed by atoms with Gasteiger partial charge in [-0.25, -0.2) is 4.98 Å². The third-order valence-electron chi connectivity index (χ3n) is 9.92. The van der Waals surface area contributed by atoms with E-state index in [2.05, 4.69) is 20.2 Å². The van der Waals surface area contributed by atoms with E-state index < -0.39 is 0 Å². The number of carbonyl (C=O) groups is 2. The molecule has 210 valence electrons. The molecule has 0 unspecified atom stereocenters. The molecule has 2 aromatic heterocycles. The van der Waals surface area contributed by atoms with Gasteiger partial charge in [-0.2, -0.15) is 5.10 Å². The van der Waals surface area contributed by atoms with Gasteiger partial charge in [-0.15, -0.1) is 0 Å². The van der Waals surface area contributed by atoms with Crippen LogP contribution in [0.5, 0.6) is 0 Å². The molecule has 0 radical (unpaired) electrons. The van der Waals surface area contributed by atoms with Crippen LogP contribution in [0.3, 0.4) is 0 Å². The topological polar surface area (TPSA) is 92.1 Å². The first-order valence-electron chi connectivity index (χ1n) is 15.5. The minimum Gasteiger partial charge on any atom is -0.353 e. The maximum atomic E-state index is 13.3. The molecule has 4 aliphatic carbocycles. The van der Waals surface area contributed by atoms with Crippen molar-refractivity contribution in [2.24, 2.45) is 5.92 Å². The first-order chi connectivity index (χ1) is 19.0. The third-order valence-corrected chi connectivity index (χ3v) is 10.9. The van der Waals surface area contributed by atoms with Gasteiger partial charge in [-0.1, -0.05) is 11.3 Å². The summed E-state index contributed by atoms with van der Waals surface area (Å²) in [5.41, 5.74) is 5.05. The molecule has 0 bridgehead atoms. The highest BCUT2D eigenvalue weighted by molar-refractivity contribution is 7.19. The van der Waals surface area contributed by atoms with Crippen LogP contribution in [0.4, 0.5) is 5.13 Å². The molecule has 2 N–H and O–H groups in total. The number of amides is 2. The Bertz CT molecular complexity index is 1230. The summed E-state index contributed by atoms with van der Waals surface area (Å²) in [6, 6.07) is 1.42. The van der Waals surface area contributed by atoms with E-state index in [1.807, 2.05) is 0 Å². The van der Waals surface area contributed by atoms with Crippen molar-refractivity contribution in [3.8, 4) is 10.6 Å². The highest BCUT2D eigenvalue weighted by atomic mass is 32.1. The Hall–Kier alpha value is -2.26. The smallest absolute Gasteiger partial charge is 0.223 e. The summed E-state index contributed by atoms with van der Waals surface area (Å²) in [7, 11) is 0. The van der Waals surface area contributed by atoms with E-state index in [0.29, 0.717) is 23.1 Å². The lowest BCUT2D eigenvalue weighted by atomic mass is 9.84. The van der Waals surface area contributed by atoms with Crippen LogP contribution in [-0.4, -0.2) is 56.7 Å². The number of rotatable bonds is 6. The number of carbonyl (C=O) groups excluding carboxylic acids is 2. The highest BCUT2D eigenvalue weighted by Gasteiger charge is 2.38. The quantitative estimate of drug-likeness (QED) is 0.516. The lowest BCUT2D eigenvalue weighted by Gasteiger charge is -2.36. The van der Waals surface area contributed by atoms with Crippen LogP contribution in [0.25, 0.3) is 10.6 Å². The van der Waals surface area contributed by atoms with Crippen LogP contribution in [0.15, 0.2) is 0 Å². The number of aromatic nitrogens is 3. The van der Waals surface area contributed by atoms with E-state index in [4.69, 9.17) is 10.1 Å². The summed E-state index contributed by atoms with van der Waals surface area (Å²) in [4.78, 5) is 33.5. The Morgan fingerprint density at radius 2 is 1.62 bits per heavy atom. The van der Waals surface area contributed by atoms with Crippen molar-refractivity contribution in [1.82, 2.24) is 25.0 Å². The fourth-order valence-corrected chi connectivity index (χ4v) is 8.79. The van der Waals surface area contributed by atoms with Gasteiger partial charge < -0.3 is 15.5 Å². The van der Waals surface area contributed by atoms with Gasteiger partial charge in [-0.05, 0) is 103 Å². The summed E-state index contributed by atoms with van der Waals surface area (Å²) in [5, 5.41) is 12.3. The second kappa shape index (κ2) is 10.6. The van der Waals surface area contributed by atoms with E-state index in [0.717, 1.165) is 63.1 Å². The predicted molar refractivity (Wildman–Crippen MR) is 153 cm³/mol. The lowest BCUT2D eigenvalue weighted by Crippen LogP contribution is -2.45. The number of anilines is 1. The second-order valence-electron chi connectivity index (χ2n) is 12.7. The van der Waals surface area contributed by atoms with Gasteiger partial charge >= 0.3 is 0 Å². The molecule has 1 aliphatic heterocycles. The van der Waals surface area contributed by atoms with Crippen molar-refractivity contribution >= 4 is 28.3 Å². The summed E-state index contributed by atoms with van der Waals surface area (Å²) < 4.78 is 2.31. The predicted octanol–water partition coefficient (Wildman–Crippen LogP) is 5.20. The number of nitrogens with zero attached hydrogens (tertiary/aromatic N) is 4. The molecule has 4 fully saturated rings. The Morgan fingerprint density at radius 1 is 0.897 bits per heavy atom. The molecule has 3 heterocycles. The molecular formula is C30H42N6O2S. The fourth-order valence-electron chi connectivity index (χ4n) is 7.67. The number of hydrogen-bond donors (Lipinski definition) is 2. The zero-order valence-electron chi connectivity index (χ0n) is 23.2. The SMILES string of the molecule is CC(=O)Nc1nc2c(s1)-c1c(c(C3CC3)nn1C1CCC(C(=O)NC3CCC(N4CCCC4)CC3)CC1)CC2. The molecule has 0 atom stereocenters. The average Bonchev–Trinajstić information content (AvgIpc) is 3.32. The molecule has 7 rings (SSSR count). The Kier molecular flexibility index (Phi) is 6.99. The minimum absolute atomic E-state index is 0.0790. The van der Waals surface area contributed by atoms with Gasteiger partial charge in [0, 0.05) is 36.4 Å². The molecule has 1 saturated heterocycles. The maximum Gasteiger partial charge on any atom is 0.223 e. The minimum atomic E-state index is -0.0790. The summed E-state index contributed by atoms with van der Waals surface area (Å²) in [6.45, 7) is 4.08. The molecule has 0 spiro atoms. The molecule has 2 amide bonds. The molecular weight excluding hydrogens is 508 g/mol. The molecule has 39 heavy (non-hydrogen) atoms. The molecule has 0 aromatic carbocycles. The average molecular weight is 551 g/mol. The number of aryl methyl sites for hydroxylation is 1. The summed E-state index contributed by atoms with van der Waals surface area (Å²) >= 11 is 1.59. The molecule has 8 nitrogen and oxygen atoms in total. The fraction of sp³-hybridized carbons (Fsp3) is 0.733. The summed E-state index contributed by atoms with van der Waals surface area (Å²) in [6.07, 6.45) is 15.6. The van der Waals surface area contributed by atoms with Gasteiger partial charge in [-0.3, -0.25) is 14.3 Å². The van der Waals surface area contributed by atoms with E-state index in [1.165, 1.54) is 80.4 Å². The van der Waals surface area contributed by atoms with E-state index in [1.54, 1.807) is 11.3 Å². The van der Waals surface area contributed by atoms with Gasteiger partial charge in [0.05, 0.1) is 28.0 Å². The van der Waals surface area contributed by atoms with E-state index in [-0.39, 0.29) is 17.7 Å². The second-order valence-corrected chi connectivity index (χ2v) is 13.7. The van der Waals surface area contributed by atoms with Crippen LogP contribution < -0.4 is 10.6 Å². The first-order valence-corrected chi connectivity index (χ1v) is 16.3. The van der Waals surface area contributed by atoms with Crippen LogP contribution in [-0.2, 0) is 22.4 Å². The largest absolute Gasteiger partial charge is 0.353 e. The number of hydrogen-bond acceptors (Lipinski definition) is 6. The van der Waals surface area contributed by atoms with Crippen molar-refractivity contribution in [2.75, 3.05) is 18.4 Å². The standard InChI is InChI=1S/C30H42N6O2S/c1-18(37)31-30-33-25-15-14-24-26(19-4-5-19)34-36(27(24)28(25)39-30)23-10-6-20(7-11-23)29(38)32-21-8-12-22(13-9-21)35-16-2-3-17-35/h19-23H,2-17H2,1H3,(H,32,38)(H,31,33,37). The normalized spacial score (nSPS) is 29.1. The molecule has 5 aliphatic rings. The van der Waals surface area contributed by atoms with E-state index >= 15 is 0 Å². The number of nitrogens with one attached hydrogen (secondary N) is 2. The van der Waals surface area contributed by atoms with Crippen LogP contribution in [0.1, 0.15) is 113 Å². The Morgan fingerprint density at radius 3 is 2.31 bits per heavy atom. The Balaban J connectivity index is 1.01. The Labute approximate surface area is 235 Å². The van der Waals surface area contributed by atoms with Gasteiger partial charge in [0.15, 0.2) is 5.13 Å². The highest BCUT2D eigenvalue weighted by Crippen LogP contribution is 2.49. The van der Waals surface area contributed by atoms with Gasteiger partial charge in [0.25, 0.3) is 0 Å². The molecule has 3 saturated carbocycles. The van der Waals surface area contributed by atoms with Crippen LogP contribution >= 0.6 is 11.3 Å². The monoisotopic (exact) mass is 550 g/mol. The van der Waals surface area contributed by atoms with Crippen molar-refractivity contribution in [1.29, 1.82) is 0 Å². The van der Waals surface area contributed by atoms with Crippen LogP contribution in [0.2, 0.25) is 0 Å². The van der Waals surface area contributed by atoms with Gasteiger partial charge in [0.2, 0.25) is 11.8 Å². The molecule has 9 heteroatoms.